The van der Waals surface area contributed by atoms with Gasteiger partial charge in [0.15, 0.2) is 0 Å². The standard InChI is InChI=1S/C29H29N3O5S2/c1-19-4-8-23(9-5-19)39(36,37)31-17-21(24-14-20(16-30)6-10-25(24)31)7-11-27(33)32-26-15-22-12-13-29(26,28(22,2)3)18-38(32,34)35/h4-11,14,17,22,26H,12-13,15,18H2,1-3H3. The molecule has 1 aromatic heterocycles. The summed E-state index contributed by atoms with van der Waals surface area (Å²) in [6.07, 6.45) is 6.52. The Kier molecular flexibility index (Phi) is 5.49. The van der Waals surface area contributed by atoms with Crippen LogP contribution in [-0.2, 0) is 24.8 Å². The average molecular weight is 564 g/mol. The Balaban J connectivity index is 1.41. The third-order valence-electron chi connectivity index (χ3n) is 9.54. The van der Waals surface area contributed by atoms with E-state index in [9.17, 15) is 26.9 Å². The molecule has 2 heterocycles. The SMILES string of the molecule is Cc1ccc(S(=O)(=O)n2cc(C=CC(=O)N3C4CC5CCC4(CS3(=O)=O)C5(C)C)c3cc(C#N)ccc32)cc1. The molecule has 0 radical (unpaired) electrons. The Bertz CT molecular complexity index is 1830. The van der Waals surface area contributed by atoms with Crippen LogP contribution in [0.5, 0.6) is 0 Å². The van der Waals surface area contributed by atoms with E-state index in [4.69, 9.17) is 0 Å². The second-order valence-electron chi connectivity index (χ2n) is 11.6. The maximum atomic E-state index is 13.5. The van der Waals surface area contributed by atoms with Gasteiger partial charge in [0.25, 0.3) is 15.9 Å². The molecule has 39 heavy (non-hydrogen) atoms. The van der Waals surface area contributed by atoms with E-state index in [-0.39, 0.29) is 22.1 Å². The molecule has 1 spiro atoms. The predicted octanol–water partition coefficient (Wildman–Crippen LogP) is 4.44. The first-order chi connectivity index (χ1) is 18.3. The van der Waals surface area contributed by atoms with Crippen molar-refractivity contribution in [1.29, 1.82) is 5.26 Å². The molecule has 1 amide bonds. The number of fused-ring (bicyclic) bond motifs is 2. The van der Waals surface area contributed by atoms with Gasteiger partial charge in [0, 0.05) is 28.6 Å². The van der Waals surface area contributed by atoms with Crippen LogP contribution in [0.3, 0.4) is 0 Å². The first-order valence-corrected chi connectivity index (χ1v) is 16.0. The molecule has 3 aliphatic rings. The Labute approximate surface area is 228 Å². The van der Waals surface area contributed by atoms with Crippen LogP contribution in [0, 0.1) is 35.0 Å². The van der Waals surface area contributed by atoms with Gasteiger partial charge in [-0.25, -0.2) is 25.1 Å². The third kappa shape index (κ3) is 3.56. The van der Waals surface area contributed by atoms with Crippen LogP contribution in [0.15, 0.2) is 59.6 Å². The number of hydrogen-bond donors (Lipinski definition) is 0. The lowest BCUT2D eigenvalue weighted by Gasteiger charge is -2.36. The largest absolute Gasteiger partial charge is 0.269 e. The van der Waals surface area contributed by atoms with E-state index in [1.165, 1.54) is 36.5 Å². The van der Waals surface area contributed by atoms with Gasteiger partial charge in [0.05, 0.1) is 33.8 Å². The fourth-order valence-electron chi connectivity index (χ4n) is 7.26. The highest BCUT2D eigenvalue weighted by atomic mass is 32.2. The molecule has 0 N–H and O–H groups in total. The van der Waals surface area contributed by atoms with Crippen LogP contribution < -0.4 is 0 Å². The van der Waals surface area contributed by atoms with Crippen molar-refractivity contribution in [3.8, 4) is 6.07 Å². The van der Waals surface area contributed by atoms with E-state index in [2.05, 4.69) is 19.9 Å². The van der Waals surface area contributed by atoms with Crippen molar-refractivity contribution < 1.29 is 21.6 Å². The maximum absolute atomic E-state index is 13.5. The predicted molar refractivity (Wildman–Crippen MR) is 147 cm³/mol. The number of amides is 1. The smallest absolute Gasteiger partial charge is 0.268 e. The van der Waals surface area contributed by atoms with Crippen LogP contribution in [0.2, 0.25) is 0 Å². The summed E-state index contributed by atoms with van der Waals surface area (Å²) in [4.78, 5) is 13.6. The van der Waals surface area contributed by atoms with Crippen molar-refractivity contribution >= 4 is 42.9 Å². The number of benzene rings is 2. The second-order valence-corrected chi connectivity index (χ2v) is 15.3. The highest BCUT2D eigenvalue weighted by Crippen LogP contribution is 2.70. The number of carbonyl (C=O) groups is 1. The lowest BCUT2D eigenvalue weighted by molar-refractivity contribution is -0.123. The summed E-state index contributed by atoms with van der Waals surface area (Å²) >= 11 is 0. The number of sulfonamides is 1. The Morgan fingerprint density at radius 1 is 1.15 bits per heavy atom. The van der Waals surface area contributed by atoms with Gasteiger partial charge in [0.1, 0.15) is 0 Å². The molecule has 1 aliphatic heterocycles. The Morgan fingerprint density at radius 2 is 1.87 bits per heavy atom. The number of hydrogen-bond acceptors (Lipinski definition) is 6. The fourth-order valence-corrected chi connectivity index (χ4v) is 11.2. The Hall–Kier alpha value is -3.42. The van der Waals surface area contributed by atoms with Gasteiger partial charge in [0.2, 0.25) is 10.0 Å². The molecule has 3 fully saturated rings. The molecular weight excluding hydrogens is 534 g/mol. The summed E-state index contributed by atoms with van der Waals surface area (Å²) in [6, 6.07) is 12.9. The van der Waals surface area contributed by atoms with Crippen molar-refractivity contribution in [2.75, 3.05) is 5.75 Å². The molecule has 2 saturated carbocycles. The fraction of sp³-hybridized carbons (Fsp3) is 0.379. The zero-order valence-electron chi connectivity index (χ0n) is 22.0. The van der Waals surface area contributed by atoms with Gasteiger partial charge in [-0.15, -0.1) is 0 Å². The molecule has 202 valence electrons. The third-order valence-corrected chi connectivity index (χ3v) is 13.1. The minimum absolute atomic E-state index is 0.0205. The van der Waals surface area contributed by atoms with Crippen molar-refractivity contribution in [3.05, 3.63) is 71.4 Å². The number of rotatable bonds is 4. The first-order valence-electron chi connectivity index (χ1n) is 12.9. The molecule has 8 nitrogen and oxygen atoms in total. The molecule has 3 unspecified atom stereocenters. The van der Waals surface area contributed by atoms with E-state index in [1.54, 1.807) is 24.3 Å². The summed E-state index contributed by atoms with van der Waals surface area (Å²) in [5.74, 6) is -0.265. The van der Waals surface area contributed by atoms with Crippen LogP contribution in [0.1, 0.15) is 49.8 Å². The summed E-state index contributed by atoms with van der Waals surface area (Å²) in [5, 5.41) is 9.91. The van der Waals surface area contributed by atoms with Gasteiger partial charge in [-0.2, -0.15) is 5.26 Å². The van der Waals surface area contributed by atoms with Crippen molar-refractivity contribution in [2.45, 2.75) is 51.0 Å². The molecule has 3 aromatic rings. The number of nitrogens with zero attached hydrogens (tertiary/aromatic N) is 3. The first kappa shape index (κ1) is 25.8. The normalized spacial score (nSPS) is 26.8. The monoisotopic (exact) mass is 563 g/mol. The number of nitriles is 1. The molecular formula is C29H29N3O5S2. The van der Waals surface area contributed by atoms with Crippen LogP contribution >= 0.6 is 0 Å². The minimum atomic E-state index is -3.98. The lowest BCUT2D eigenvalue weighted by Crippen LogP contribution is -2.43. The van der Waals surface area contributed by atoms with E-state index in [0.29, 0.717) is 34.4 Å². The number of carbonyl (C=O) groups excluding carboxylic acids is 1. The van der Waals surface area contributed by atoms with Crippen LogP contribution in [-0.4, -0.2) is 42.8 Å². The summed E-state index contributed by atoms with van der Waals surface area (Å²) in [7, 11) is -7.76. The van der Waals surface area contributed by atoms with Gasteiger partial charge in [-0.3, -0.25) is 4.79 Å². The van der Waals surface area contributed by atoms with Crippen molar-refractivity contribution in [1.82, 2.24) is 8.28 Å². The second kappa shape index (κ2) is 8.29. The number of aromatic nitrogens is 1. The van der Waals surface area contributed by atoms with Gasteiger partial charge >= 0.3 is 0 Å². The molecule has 10 heteroatoms. The zero-order valence-corrected chi connectivity index (χ0v) is 23.6. The lowest BCUT2D eigenvalue weighted by atomic mass is 9.69. The Morgan fingerprint density at radius 3 is 2.54 bits per heavy atom. The van der Waals surface area contributed by atoms with Crippen LogP contribution in [0.25, 0.3) is 17.0 Å². The van der Waals surface area contributed by atoms with Gasteiger partial charge in [-0.05, 0) is 73.9 Å². The molecule has 6 rings (SSSR count). The van der Waals surface area contributed by atoms with E-state index in [1.807, 2.05) is 6.92 Å². The molecule has 2 aliphatic carbocycles. The summed E-state index contributed by atoms with van der Waals surface area (Å²) < 4.78 is 55.8. The van der Waals surface area contributed by atoms with E-state index in [0.717, 1.165) is 26.7 Å². The van der Waals surface area contributed by atoms with Gasteiger partial charge < -0.3 is 0 Å². The van der Waals surface area contributed by atoms with Crippen LogP contribution in [0.4, 0.5) is 0 Å². The topological polar surface area (TPSA) is 117 Å². The highest BCUT2D eigenvalue weighted by molar-refractivity contribution is 7.90. The molecule has 1 saturated heterocycles. The van der Waals surface area contributed by atoms with Crippen molar-refractivity contribution in [2.24, 2.45) is 16.7 Å². The molecule has 3 atom stereocenters. The minimum Gasteiger partial charge on any atom is -0.269 e. The molecule has 2 bridgehead atoms. The summed E-state index contributed by atoms with van der Waals surface area (Å²) in [6.45, 7) is 6.12. The zero-order chi connectivity index (χ0) is 28.0. The van der Waals surface area contributed by atoms with Gasteiger partial charge in [-0.1, -0.05) is 31.5 Å². The maximum Gasteiger partial charge on any atom is 0.268 e. The summed E-state index contributed by atoms with van der Waals surface area (Å²) in [5.41, 5.74) is 1.41. The number of aryl methyl sites for hydroxylation is 1. The van der Waals surface area contributed by atoms with Crippen molar-refractivity contribution in [3.63, 3.8) is 0 Å². The highest BCUT2D eigenvalue weighted by Gasteiger charge is 2.72. The van der Waals surface area contributed by atoms with E-state index >= 15 is 0 Å². The average Bonchev–Trinajstić information content (AvgIpc) is 3.52. The quantitative estimate of drug-likeness (QED) is 0.433. The van der Waals surface area contributed by atoms with E-state index < -0.39 is 31.4 Å². The molecule has 2 aromatic carbocycles.